The van der Waals surface area contributed by atoms with Crippen LogP contribution in [-0.4, -0.2) is 11.8 Å². The van der Waals surface area contributed by atoms with Crippen LogP contribution in [0.15, 0.2) is 22.7 Å². The van der Waals surface area contributed by atoms with E-state index >= 15 is 0 Å². The first-order chi connectivity index (χ1) is 8.43. The summed E-state index contributed by atoms with van der Waals surface area (Å²) in [5, 5.41) is 0. The van der Waals surface area contributed by atoms with Crippen LogP contribution < -0.4 is 5.73 Å². The Labute approximate surface area is 116 Å². The normalized spacial score (nSPS) is 14.3. The third kappa shape index (κ3) is 4.18. The summed E-state index contributed by atoms with van der Waals surface area (Å²) in [6, 6.07) is 4.95. The molecule has 0 bridgehead atoms. The molecular weight excluding hydrogens is 297 g/mol. The van der Waals surface area contributed by atoms with Crippen LogP contribution in [0.3, 0.4) is 0 Å². The number of rotatable bonds is 6. The van der Waals surface area contributed by atoms with Crippen LogP contribution in [0.1, 0.15) is 43.5 Å². The van der Waals surface area contributed by atoms with Gasteiger partial charge in [0.1, 0.15) is 5.82 Å². The lowest BCUT2D eigenvalue weighted by Crippen LogP contribution is -2.17. The zero-order valence-electron chi connectivity index (χ0n) is 10.7. The summed E-state index contributed by atoms with van der Waals surface area (Å²) in [6.45, 7) is 3.78. The second-order valence-electron chi connectivity index (χ2n) is 4.77. The number of carbonyl (C=O) groups is 1. The maximum atomic E-state index is 13.8. The fraction of sp³-hybridized carbons (Fsp3) is 0.500. The molecule has 1 aromatic rings. The number of hydrogen-bond acceptors (Lipinski definition) is 2. The van der Waals surface area contributed by atoms with Crippen molar-refractivity contribution >= 4 is 21.7 Å². The SMILES string of the molecule is CC(N)CCCC(C)C(=O)c1cccc(Br)c1F. The summed E-state index contributed by atoms with van der Waals surface area (Å²) in [5.41, 5.74) is 5.82. The van der Waals surface area contributed by atoms with Crippen LogP contribution in [-0.2, 0) is 0 Å². The van der Waals surface area contributed by atoms with E-state index in [1.54, 1.807) is 12.1 Å². The predicted octanol–water partition coefficient (Wildman–Crippen LogP) is 3.92. The molecule has 0 fully saturated rings. The van der Waals surface area contributed by atoms with Crippen molar-refractivity contribution in [3.63, 3.8) is 0 Å². The number of halogens is 2. The Morgan fingerprint density at radius 2 is 2.06 bits per heavy atom. The Morgan fingerprint density at radius 1 is 1.39 bits per heavy atom. The van der Waals surface area contributed by atoms with E-state index in [1.807, 2.05) is 13.8 Å². The first kappa shape index (κ1) is 15.3. The van der Waals surface area contributed by atoms with E-state index in [9.17, 15) is 9.18 Å². The molecule has 0 saturated heterocycles. The average Bonchev–Trinajstić information content (AvgIpc) is 2.31. The molecule has 2 unspecified atom stereocenters. The Morgan fingerprint density at radius 3 is 2.67 bits per heavy atom. The van der Waals surface area contributed by atoms with Gasteiger partial charge >= 0.3 is 0 Å². The van der Waals surface area contributed by atoms with Crippen molar-refractivity contribution in [2.24, 2.45) is 11.7 Å². The minimum absolute atomic E-state index is 0.140. The van der Waals surface area contributed by atoms with Gasteiger partial charge in [0.25, 0.3) is 0 Å². The van der Waals surface area contributed by atoms with Crippen LogP contribution in [0, 0.1) is 11.7 Å². The number of hydrogen-bond donors (Lipinski definition) is 1. The number of ketones is 1. The molecule has 0 heterocycles. The number of Topliss-reactive ketones (excluding diaryl/α,β-unsaturated/α-hetero) is 1. The van der Waals surface area contributed by atoms with E-state index in [-0.39, 0.29) is 23.3 Å². The van der Waals surface area contributed by atoms with Crippen molar-refractivity contribution in [2.45, 2.75) is 39.2 Å². The van der Waals surface area contributed by atoms with E-state index in [4.69, 9.17) is 5.73 Å². The number of carbonyl (C=O) groups excluding carboxylic acids is 1. The summed E-state index contributed by atoms with van der Waals surface area (Å²) >= 11 is 3.09. The van der Waals surface area contributed by atoms with Crippen LogP contribution in [0.25, 0.3) is 0 Å². The molecule has 0 aromatic heterocycles. The molecule has 0 aliphatic heterocycles. The van der Waals surface area contributed by atoms with Gasteiger partial charge < -0.3 is 5.73 Å². The maximum Gasteiger partial charge on any atom is 0.168 e. The third-order valence-electron chi connectivity index (χ3n) is 2.96. The number of benzene rings is 1. The van der Waals surface area contributed by atoms with Crippen molar-refractivity contribution in [1.82, 2.24) is 0 Å². The maximum absolute atomic E-state index is 13.8. The molecule has 0 spiro atoms. The molecule has 0 aliphatic rings. The van der Waals surface area contributed by atoms with Gasteiger partial charge in [0.15, 0.2) is 5.78 Å². The van der Waals surface area contributed by atoms with Crippen molar-refractivity contribution < 1.29 is 9.18 Å². The van der Waals surface area contributed by atoms with Crippen LogP contribution in [0.4, 0.5) is 4.39 Å². The lowest BCUT2D eigenvalue weighted by atomic mass is 9.93. The Bertz CT molecular complexity index is 420. The van der Waals surface area contributed by atoms with Crippen molar-refractivity contribution in [3.05, 3.63) is 34.1 Å². The van der Waals surface area contributed by atoms with Gasteiger partial charge in [-0.15, -0.1) is 0 Å². The molecule has 0 saturated carbocycles. The van der Waals surface area contributed by atoms with Gasteiger partial charge in [-0.25, -0.2) is 4.39 Å². The van der Waals surface area contributed by atoms with Crippen molar-refractivity contribution in [1.29, 1.82) is 0 Å². The molecule has 18 heavy (non-hydrogen) atoms. The van der Waals surface area contributed by atoms with E-state index in [1.165, 1.54) is 6.07 Å². The average molecular weight is 316 g/mol. The van der Waals surface area contributed by atoms with E-state index < -0.39 is 5.82 Å². The minimum atomic E-state index is -0.471. The quantitative estimate of drug-likeness (QED) is 0.808. The third-order valence-corrected chi connectivity index (χ3v) is 3.57. The van der Waals surface area contributed by atoms with Gasteiger partial charge in [-0.2, -0.15) is 0 Å². The summed E-state index contributed by atoms with van der Waals surface area (Å²) < 4.78 is 14.1. The first-order valence-corrected chi connectivity index (χ1v) is 6.96. The van der Waals surface area contributed by atoms with Crippen LogP contribution >= 0.6 is 15.9 Å². The Balaban J connectivity index is 2.66. The van der Waals surface area contributed by atoms with E-state index in [0.717, 1.165) is 19.3 Å². The smallest absolute Gasteiger partial charge is 0.168 e. The lowest BCUT2D eigenvalue weighted by molar-refractivity contribution is 0.0917. The highest BCUT2D eigenvalue weighted by atomic mass is 79.9. The fourth-order valence-electron chi connectivity index (χ4n) is 1.84. The molecule has 1 rings (SSSR count). The van der Waals surface area contributed by atoms with Gasteiger partial charge in [-0.1, -0.05) is 19.4 Å². The number of nitrogens with two attached hydrogens (primary N) is 1. The first-order valence-electron chi connectivity index (χ1n) is 6.17. The van der Waals surface area contributed by atoms with Crippen LogP contribution in [0.2, 0.25) is 0 Å². The van der Waals surface area contributed by atoms with Crippen molar-refractivity contribution in [3.8, 4) is 0 Å². The molecule has 0 aliphatic carbocycles. The molecule has 4 heteroatoms. The summed E-state index contributed by atoms with van der Waals surface area (Å²) in [6.07, 6.45) is 2.52. The van der Waals surface area contributed by atoms with Gasteiger partial charge in [0.05, 0.1) is 10.0 Å². The zero-order valence-corrected chi connectivity index (χ0v) is 12.3. The van der Waals surface area contributed by atoms with Crippen LogP contribution in [0.5, 0.6) is 0 Å². The fourth-order valence-corrected chi connectivity index (χ4v) is 2.20. The summed E-state index contributed by atoms with van der Waals surface area (Å²) in [5.74, 6) is -0.785. The molecule has 0 amide bonds. The summed E-state index contributed by atoms with van der Waals surface area (Å²) in [7, 11) is 0. The monoisotopic (exact) mass is 315 g/mol. The Hall–Kier alpha value is -0.740. The molecule has 0 radical (unpaired) electrons. The molecule has 1 aromatic carbocycles. The molecule has 100 valence electrons. The molecule has 2 N–H and O–H groups in total. The largest absolute Gasteiger partial charge is 0.328 e. The highest BCUT2D eigenvalue weighted by Crippen LogP contribution is 2.22. The molecule has 2 atom stereocenters. The zero-order chi connectivity index (χ0) is 13.7. The van der Waals surface area contributed by atoms with Gasteiger partial charge in [-0.05, 0) is 47.8 Å². The van der Waals surface area contributed by atoms with E-state index in [0.29, 0.717) is 4.47 Å². The topological polar surface area (TPSA) is 43.1 Å². The van der Waals surface area contributed by atoms with Gasteiger partial charge in [0, 0.05) is 12.0 Å². The van der Waals surface area contributed by atoms with E-state index in [2.05, 4.69) is 15.9 Å². The summed E-state index contributed by atoms with van der Waals surface area (Å²) in [4.78, 5) is 12.1. The Kier molecular flexibility index (Phi) is 5.96. The molecular formula is C14H19BrFNO. The predicted molar refractivity (Wildman–Crippen MR) is 75.1 cm³/mol. The minimum Gasteiger partial charge on any atom is -0.328 e. The highest BCUT2D eigenvalue weighted by Gasteiger charge is 2.19. The standard InChI is InChI=1S/C14H19BrFNO/c1-9(5-3-6-10(2)17)14(18)11-7-4-8-12(15)13(11)16/h4,7-10H,3,5-6,17H2,1-2H3. The second-order valence-corrected chi connectivity index (χ2v) is 5.63. The van der Waals surface area contributed by atoms with Gasteiger partial charge in [-0.3, -0.25) is 4.79 Å². The highest BCUT2D eigenvalue weighted by molar-refractivity contribution is 9.10. The lowest BCUT2D eigenvalue weighted by Gasteiger charge is -2.12. The van der Waals surface area contributed by atoms with Crippen molar-refractivity contribution in [2.75, 3.05) is 0 Å². The second kappa shape index (κ2) is 7.00. The van der Waals surface area contributed by atoms with Gasteiger partial charge in [0.2, 0.25) is 0 Å². The molecule has 2 nitrogen and oxygen atoms in total.